The first-order valence-corrected chi connectivity index (χ1v) is 6.42. The molecule has 0 bridgehead atoms. The van der Waals surface area contributed by atoms with Crippen LogP contribution in [0, 0.1) is 0 Å². The molecule has 0 aliphatic rings. The minimum atomic E-state index is -1.21. The summed E-state index contributed by atoms with van der Waals surface area (Å²) in [5, 5.41) is 1.11. The molecule has 88 valence electrons. The topological polar surface area (TPSA) is 0 Å². The maximum atomic E-state index is 6.39. The van der Waals surface area contributed by atoms with Crippen molar-refractivity contribution in [2.75, 3.05) is 0 Å². The molecule has 0 radical (unpaired) electrons. The van der Waals surface area contributed by atoms with Gasteiger partial charge in [-0.15, -0.1) is 0 Å². The Hall–Kier alpha value is -0.400. The van der Waals surface area contributed by atoms with Crippen molar-refractivity contribution in [2.45, 2.75) is 4.33 Å². The SMILES string of the molecule is Clc1cccc(C(Cl)(Cl)c2ccccc2Cl)c1. The highest BCUT2D eigenvalue weighted by molar-refractivity contribution is 6.51. The predicted octanol–water partition coefficient (Wildman–Crippen LogP) is 5.67. The van der Waals surface area contributed by atoms with E-state index in [1.165, 1.54) is 0 Å². The van der Waals surface area contributed by atoms with Crippen molar-refractivity contribution < 1.29 is 0 Å². The molecule has 0 nitrogen and oxygen atoms in total. The van der Waals surface area contributed by atoms with E-state index in [0.29, 0.717) is 21.2 Å². The van der Waals surface area contributed by atoms with Gasteiger partial charge >= 0.3 is 0 Å². The van der Waals surface area contributed by atoms with E-state index in [1.807, 2.05) is 18.2 Å². The highest BCUT2D eigenvalue weighted by Crippen LogP contribution is 2.44. The maximum Gasteiger partial charge on any atom is 0.169 e. The third-order valence-electron chi connectivity index (χ3n) is 2.40. The van der Waals surface area contributed by atoms with Crippen LogP contribution in [-0.2, 0) is 4.33 Å². The van der Waals surface area contributed by atoms with Gasteiger partial charge in [-0.05, 0) is 23.8 Å². The van der Waals surface area contributed by atoms with Crippen LogP contribution < -0.4 is 0 Å². The van der Waals surface area contributed by atoms with Crippen molar-refractivity contribution in [3.8, 4) is 0 Å². The monoisotopic (exact) mass is 304 g/mol. The minimum Gasteiger partial charge on any atom is -0.0909 e. The normalized spacial score (nSPS) is 11.5. The fraction of sp³-hybridized carbons (Fsp3) is 0.0769. The van der Waals surface area contributed by atoms with Gasteiger partial charge in [0.2, 0.25) is 0 Å². The molecule has 0 heterocycles. The van der Waals surface area contributed by atoms with Gasteiger partial charge in [0, 0.05) is 15.6 Å². The average Bonchev–Trinajstić information content (AvgIpc) is 2.29. The first-order chi connectivity index (χ1) is 8.01. The summed E-state index contributed by atoms with van der Waals surface area (Å²) in [6, 6.07) is 14.3. The Morgan fingerprint density at radius 3 is 2.18 bits per heavy atom. The first kappa shape index (κ1) is 13.0. The van der Waals surface area contributed by atoms with Crippen molar-refractivity contribution >= 4 is 46.4 Å². The van der Waals surface area contributed by atoms with Crippen molar-refractivity contribution in [1.29, 1.82) is 0 Å². The standard InChI is InChI=1S/C13H8Cl4/c14-10-5-3-4-9(8-10)13(16,17)11-6-1-2-7-12(11)15/h1-8H. The molecule has 0 aromatic heterocycles. The van der Waals surface area contributed by atoms with Crippen LogP contribution in [0.25, 0.3) is 0 Å². The van der Waals surface area contributed by atoms with Crippen molar-refractivity contribution in [3.63, 3.8) is 0 Å². The van der Waals surface area contributed by atoms with Crippen LogP contribution in [0.15, 0.2) is 48.5 Å². The Balaban J connectivity index is 2.53. The molecule has 0 N–H and O–H groups in total. The zero-order valence-electron chi connectivity index (χ0n) is 8.63. The lowest BCUT2D eigenvalue weighted by molar-refractivity contribution is 1.04. The van der Waals surface area contributed by atoms with Crippen LogP contribution in [0.3, 0.4) is 0 Å². The highest BCUT2D eigenvalue weighted by atomic mass is 35.5. The van der Waals surface area contributed by atoms with E-state index in [-0.39, 0.29) is 0 Å². The van der Waals surface area contributed by atoms with Gasteiger partial charge in [-0.25, -0.2) is 0 Å². The minimum absolute atomic E-state index is 0.525. The van der Waals surface area contributed by atoms with Gasteiger partial charge in [0.1, 0.15) is 0 Å². The zero-order valence-corrected chi connectivity index (χ0v) is 11.7. The van der Waals surface area contributed by atoms with Crippen LogP contribution in [-0.4, -0.2) is 0 Å². The second kappa shape index (κ2) is 5.07. The van der Waals surface area contributed by atoms with Gasteiger partial charge in [0.15, 0.2) is 4.33 Å². The summed E-state index contributed by atoms with van der Waals surface area (Å²) in [5.74, 6) is 0. The van der Waals surface area contributed by atoms with Gasteiger partial charge in [0.05, 0.1) is 0 Å². The Morgan fingerprint density at radius 2 is 1.53 bits per heavy atom. The third-order valence-corrected chi connectivity index (χ3v) is 3.81. The predicted molar refractivity (Wildman–Crippen MR) is 75.4 cm³/mol. The van der Waals surface area contributed by atoms with E-state index in [2.05, 4.69) is 0 Å². The van der Waals surface area contributed by atoms with E-state index in [4.69, 9.17) is 46.4 Å². The van der Waals surface area contributed by atoms with Gasteiger partial charge in [-0.3, -0.25) is 0 Å². The number of halogens is 4. The molecule has 2 aromatic rings. The van der Waals surface area contributed by atoms with Crippen LogP contribution in [0.5, 0.6) is 0 Å². The number of alkyl halides is 2. The lowest BCUT2D eigenvalue weighted by Gasteiger charge is -2.22. The summed E-state index contributed by atoms with van der Waals surface area (Å²) in [5.41, 5.74) is 1.34. The molecule has 2 rings (SSSR count). The second-order valence-corrected chi connectivity index (χ2v) is 5.74. The smallest absolute Gasteiger partial charge is 0.0909 e. The number of rotatable bonds is 2. The molecular weight excluding hydrogens is 298 g/mol. The second-order valence-electron chi connectivity index (χ2n) is 3.56. The van der Waals surface area contributed by atoms with E-state index >= 15 is 0 Å². The lowest BCUT2D eigenvalue weighted by atomic mass is 10.0. The van der Waals surface area contributed by atoms with E-state index in [9.17, 15) is 0 Å². The van der Waals surface area contributed by atoms with Crippen LogP contribution in [0.4, 0.5) is 0 Å². The molecule has 0 saturated heterocycles. The molecule has 17 heavy (non-hydrogen) atoms. The van der Waals surface area contributed by atoms with Crippen molar-refractivity contribution in [2.24, 2.45) is 0 Å². The maximum absolute atomic E-state index is 6.39. The molecule has 0 atom stereocenters. The molecular formula is C13H8Cl4. The molecule has 0 aliphatic carbocycles. The Morgan fingerprint density at radius 1 is 0.824 bits per heavy atom. The summed E-state index contributed by atoms with van der Waals surface area (Å²) >= 11 is 24.8. The largest absolute Gasteiger partial charge is 0.169 e. The van der Waals surface area contributed by atoms with Crippen LogP contribution in [0.1, 0.15) is 11.1 Å². The number of benzene rings is 2. The summed E-state index contributed by atoms with van der Waals surface area (Å²) in [6.07, 6.45) is 0. The zero-order chi connectivity index (χ0) is 12.5. The molecule has 0 aliphatic heterocycles. The van der Waals surface area contributed by atoms with Crippen LogP contribution in [0.2, 0.25) is 10.0 Å². The number of hydrogen-bond acceptors (Lipinski definition) is 0. The highest BCUT2D eigenvalue weighted by Gasteiger charge is 2.31. The van der Waals surface area contributed by atoms with Crippen molar-refractivity contribution in [3.05, 3.63) is 69.7 Å². The Kier molecular flexibility index (Phi) is 3.89. The summed E-state index contributed by atoms with van der Waals surface area (Å²) in [4.78, 5) is 0. The number of hydrogen-bond donors (Lipinski definition) is 0. The third kappa shape index (κ3) is 2.71. The molecule has 2 aromatic carbocycles. The fourth-order valence-electron chi connectivity index (χ4n) is 1.56. The van der Waals surface area contributed by atoms with Gasteiger partial charge in [-0.2, -0.15) is 0 Å². The van der Waals surface area contributed by atoms with E-state index in [1.54, 1.807) is 30.3 Å². The summed E-state index contributed by atoms with van der Waals surface area (Å²) < 4.78 is -1.21. The van der Waals surface area contributed by atoms with Gasteiger partial charge in [-0.1, -0.05) is 76.7 Å². The summed E-state index contributed by atoms with van der Waals surface area (Å²) in [7, 11) is 0. The van der Waals surface area contributed by atoms with E-state index in [0.717, 1.165) is 0 Å². The van der Waals surface area contributed by atoms with Crippen molar-refractivity contribution in [1.82, 2.24) is 0 Å². The van der Waals surface area contributed by atoms with Gasteiger partial charge < -0.3 is 0 Å². The molecule has 0 fully saturated rings. The molecule has 4 heteroatoms. The van der Waals surface area contributed by atoms with Crippen LogP contribution >= 0.6 is 46.4 Å². The van der Waals surface area contributed by atoms with Gasteiger partial charge in [0.25, 0.3) is 0 Å². The molecule has 0 amide bonds. The molecule has 0 saturated carbocycles. The molecule has 0 spiro atoms. The van der Waals surface area contributed by atoms with E-state index < -0.39 is 4.33 Å². The quantitative estimate of drug-likeness (QED) is 0.627. The Bertz CT molecular complexity index is 534. The summed E-state index contributed by atoms with van der Waals surface area (Å²) in [6.45, 7) is 0. The molecule has 0 unspecified atom stereocenters. The fourth-order valence-corrected chi connectivity index (χ4v) is 2.68. The Labute approximate surface area is 120 Å². The average molecular weight is 306 g/mol. The first-order valence-electron chi connectivity index (χ1n) is 4.90. The lowest BCUT2D eigenvalue weighted by Crippen LogP contribution is -2.12.